The monoisotopic (exact) mass is 324 g/mol. The molecule has 3 N–H and O–H groups in total. The molecule has 19 heavy (non-hydrogen) atoms. The molecule has 0 radical (unpaired) electrons. The van der Waals surface area contributed by atoms with Gasteiger partial charge in [0.15, 0.2) is 6.61 Å². The molecule has 0 heterocycles. The summed E-state index contributed by atoms with van der Waals surface area (Å²) in [5.74, 6) is 0.0706. The summed E-state index contributed by atoms with van der Waals surface area (Å²) < 4.78 is 5.27. The van der Waals surface area contributed by atoms with Crippen LogP contribution in [0.4, 0.5) is 0 Å². The molecule has 0 saturated carbocycles. The van der Waals surface area contributed by atoms with Gasteiger partial charge in [0.25, 0.3) is 5.91 Å². The SMILES string of the molecule is CC(N)CCNC(=O)COc1cc(Cl)c(Cl)cc1Cl. The van der Waals surface area contributed by atoms with Gasteiger partial charge in [-0.2, -0.15) is 0 Å². The van der Waals surface area contributed by atoms with Gasteiger partial charge >= 0.3 is 0 Å². The highest BCUT2D eigenvalue weighted by Gasteiger charge is 2.09. The molecular weight excluding hydrogens is 311 g/mol. The number of carbonyl (C=O) groups excluding carboxylic acids is 1. The molecule has 0 aromatic heterocycles. The number of ether oxygens (including phenoxy) is 1. The van der Waals surface area contributed by atoms with Gasteiger partial charge in [-0.05, 0) is 19.4 Å². The van der Waals surface area contributed by atoms with Crippen LogP contribution in [0.1, 0.15) is 13.3 Å². The van der Waals surface area contributed by atoms with E-state index in [-0.39, 0.29) is 18.6 Å². The van der Waals surface area contributed by atoms with Crippen LogP contribution in [0.15, 0.2) is 12.1 Å². The highest BCUT2D eigenvalue weighted by molar-refractivity contribution is 6.43. The Labute approximate surface area is 127 Å². The number of hydrogen-bond acceptors (Lipinski definition) is 3. The predicted molar refractivity (Wildman–Crippen MR) is 78.2 cm³/mol. The first-order valence-electron chi connectivity index (χ1n) is 5.69. The Bertz CT molecular complexity index is 453. The van der Waals surface area contributed by atoms with Crippen molar-refractivity contribution in [2.75, 3.05) is 13.2 Å². The number of carbonyl (C=O) groups is 1. The molecular formula is C12H15Cl3N2O2. The third kappa shape index (κ3) is 5.87. The number of nitrogens with two attached hydrogens (primary N) is 1. The van der Waals surface area contributed by atoms with Crippen molar-refractivity contribution < 1.29 is 9.53 Å². The molecule has 0 aliphatic heterocycles. The van der Waals surface area contributed by atoms with Crippen molar-refractivity contribution in [3.05, 3.63) is 27.2 Å². The second-order valence-corrected chi connectivity index (χ2v) is 5.32. The van der Waals surface area contributed by atoms with Crippen LogP contribution >= 0.6 is 34.8 Å². The molecule has 0 aliphatic rings. The molecule has 1 aromatic rings. The zero-order chi connectivity index (χ0) is 14.4. The predicted octanol–water partition coefficient (Wildman–Crippen LogP) is 2.88. The molecule has 1 rings (SSSR count). The van der Waals surface area contributed by atoms with Crippen LogP contribution in [0.3, 0.4) is 0 Å². The fourth-order valence-corrected chi connectivity index (χ4v) is 1.84. The maximum atomic E-state index is 11.5. The molecule has 1 atom stereocenters. The first-order chi connectivity index (χ1) is 8.90. The van der Waals surface area contributed by atoms with Gasteiger partial charge < -0.3 is 15.8 Å². The Morgan fingerprint density at radius 2 is 1.95 bits per heavy atom. The molecule has 0 saturated heterocycles. The van der Waals surface area contributed by atoms with Crippen LogP contribution in [0.2, 0.25) is 15.1 Å². The Hall–Kier alpha value is -0.680. The van der Waals surface area contributed by atoms with Crippen LogP contribution in [0.25, 0.3) is 0 Å². The summed E-state index contributed by atoms with van der Waals surface area (Å²) in [7, 11) is 0. The molecule has 1 aromatic carbocycles. The Balaban J connectivity index is 2.44. The van der Waals surface area contributed by atoms with Gasteiger partial charge in [0.05, 0.1) is 15.1 Å². The topological polar surface area (TPSA) is 64.3 Å². The van der Waals surface area contributed by atoms with E-state index >= 15 is 0 Å². The zero-order valence-electron chi connectivity index (χ0n) is 10.4. The summed E-state index contributed by atoms with van der Waals surface area (Å²) in [5.41, 5.74) is 5.57. The summed E-state index contributed by atoms with van der Waals surface area (Å²) in [4.78, 5) is 11.5. The van der Waals surface area contributed by atoms with E-state index in [4.69, 9.17) is 45.3 Å². The van der Waals surface area contributed by atoms with Gasteiger partial charge in [0, 0.05) is 18.7 Å². The molecule has 7 heteroatoms. The van der Waals surface area contributed by atoms with E-state index in [0.717, 1.165) is 0 Å². The first kappa shape index (κ1) is 16.4. The van der Waals surface area contributed by atoms with E-state index in [1.807, 2.05) is 6.92 Å². The zero-order valence-corrected chi connectivity index (χ0v) is 12.6. The van der Waals surface area contributed by atoms with Crippen molar-refractivity contribution in [2.24, 2.45) is 5.73 Å². The van der Waals surface area contributed by atoms with Crippen LogP contribution in [0.5, 0.6) is 5.75 Å². The average Bonchev–Trinajstić information content (AvgIpc) is 2.31. The van der Waals surface area contributed by atoms with Crippen LogP contribution in [-0.2, 0) is 4.79 Å². The summed E-state index contributed by atoms with van der Waals surface area (Å²) in [6.07, 6.45) is 0.708. The van der Waals surface area contributed by atoms with Crippen molar-refractivity contribution in [1.29, 1.82) is 0 Å². The minimum atomic E-state index is -0.247. The molecule has 0 bridgehead atoms. The summed E-state index contributed by atoms with van der Waals surface area (Å²) in [6, 6.07) is 2.99. The summed E-state index contributed by atoms with van der Waals surface area (Å²) >= 11 is 17.5. The number of hydrogen-bond donors (Lipinski definition) is 2. The minimum Gasteiger partial charge on any atom is -0.482 e. The third-order valence-corrected chi connectivity index (χ3v) is 3.27. The normalized spacial score (nSPS) is 12.1. The van der Waals surface area contributed by atoms with E-state index in [9.17, 15) is 4.79 Å². The molecule has 0 aliphatic carbocycles. The van der Waals surface area contributed by atoms with Crippen molar-refractivity contribution in [1.82, 2.24) is 5.32 Å². The lowest BCUT2D eigenvalue weighted by Gasteiger charge is -2.10. The van der Waals surface area contributed by atoms with Gasteiger partial charge in [-0.3, -0.25) is 4.79 Å². The third-order valence-electron chi connectivity index (χ3n) is 2.26. The van der Waals surface area contributed by atoms with E-state index in [2.05, 4.69) is 5.32 Å². The molecule has 106 valence electrons. The molecule has 0 fully saturated rings. The standard InChI is InChI=1S/C12H15Cl3N2O2/c1-7(16)2-3-17-12(18)6-19-11-5-9(14)8(13)4-10(11)15/h4-5,7H,2-3,6,16H2,1H3,(H,17,18). The number of nitrogens with one attached hydrogen (secondary N) is 1. The van der Waals surface area contributed by atoms with Crippen molar-refractivity contribution >= 4 is 40.7 Å². The lowest BCUT2D eigenvalue weighted by molar-refractivity contribution is -0.123. The average molecular weight is 326 g/mol. The lowest BCUT2D eigenvalue weighted by atomic mass is 10.2. The minimum absolute atomic E-state index is 0.0470. The van der Waals surface area contributed by atoms with Crippen molar-refractivity contribution in [2.45, 2.75) is 19.4 Å². The molecule has 1 unspecified atom stereocenters. The number of halogens is 3. The van der Waals surface area contributed by atoms with Crippen LogP contribution in [-0.4, -0.2) is 25.1 Å². The highest BCUT2D eigenvalue weighted by Crippen LogP contribution is 2.33. The van der Waals surface area contributed by atoms with Crippen molar-refractivity contribution in [3.63, 3.8) is 0 Å². The fourth-order valence-electron chi connectivity index (χ4n) is 1.25. The number of amides is 1. The second kappa shape index (κ2) is 7.80. The van der Waals surface area contributed by atoms with Gasteiger partial charge in [-0.1, -0.05) is 34.8 Å². The van der Waals surface area contributed by atoms with Crippen molar-refractivity contribution in [3.8, 4) is 5.75 Å². The molecule has 1 amide bonds. The van der Waals surface area contributed by atoms with Gasteiger partial charge in [0.1, 0.15) is 5.75 Å². The number of rotatable bonds is 6. The van der Waals surface area contributed by atoms with E-state index in [1.165, 1.54) is 12.1 Å². The maximum absolute atomic E-state index is 11.5. The smallest absolute Gasteiger partial charge is 0.257 e. The Morgan fingerprint density at radius 3 is 2.58 bits per heavy atom. The number of benzene rings is 1. The quantitative estimate of drug-likeness (QED) is 0.790. The van der Waals surface area contributed by atoms with Crippen LogP contribution in [0, 0.1) is 0 Å². The largest absolute Gasteiger partial charge is 0.482 e. The Morgan fingerprint density at radius 1 is 1.32 bits per heavy atom. The maximum Gasteiger partial charge on any atom is 0.257 e. The summed E-state index contributed by atoms with van der Waals surface area (Å²) in [5, 5.41) is 3.64. The fraction of sp³-hybridized carbons (Fsp3) is 0.417. The molecule has 0 spiro atoms. The Kier molecular flexibility index (Phi) is 6.72. The summed E-state index contributed by atoms with van der Waals surface area (Å²) in [6.45, 7) is 2.24. The first-order valence-corrected chi connectivity index (χ1v) is 6.83. The van der Waals surface area contributed by atoms with Gasteiger partial charge in [0.2, 0.25) is 0 Å². The molecule has 4 nitrogen and oxygen atoms in total. The highest BCUT2D eigenvalue weighted by atomic mass is 35.5. The van der Waals surface area contributed by atoms with E-state index in [1.54, 1.807) is 0 Å². The van der Waals surface area contributed by atoms with E-state index < -0.39 is 0 Å². The van der Waals surface area contributed by atoms with Gasteiger partial charge in [-0.15, -0.1) is 0 Å². The van der Waals surface area contributed by atoms with Crippen LogP contribution < -0.4 is 15.8 Å². The lowest BCUT2D eigenvalue weighted by Crippen LogP contribution is -2.32. The van der Waals surface area contributed by atoms with E-state index in [0.29, 0.717) is 33.8 Å². The second-order valence-electron chi connectivity index (χ2n) is 4.10. The van der Waals surface area contributed by atoms with Gasteiger partial charge in [-0.25, -0.2) is 0 Å².